The molecule has 0 spiro atoms. The molecule has 0 fully saturated rings. The topological polar surface area (TPSA) is 105 Å². The summed E-state index contributed by atoms with van der Waals surface area (Å²) in [6.45, 7) is 13.8. The van der Waals surface area contributed by atoms with Crippen molar-refractivity contribution in [3.05, 3.63) is 70.8 Å². The van der Waals surface area contributed by atoms with E-state index in [9.17, 15) is 19.2 Å². The lowest BCUT2D eigenvalue weighted by molar-refractivity contribution is 0.0381. The van der Waals surface area contributed by atoms with Crippen LogP contribution in [-0.4, -0.2) is 50.3 Å². The lowest BCUT2D eigenvalue weighted by Gasteiger charge is -2.17. The summed E-state index contributed by atoms with van der Waals surface area (Å²) in [4.78, 5) is 48.7. The van der Waals surface area contributed by atoms with Gasteiger partial charge in [-0.05, 0) is 61.8 Å². The van der Waals surface area contributed by atoms with Crippen molar-refractivity contribution >= 4 is 23.9 Å². The fourth-order valence-electron chi connectivity index (χ4n) is 4.56. The van der Waals surface area contributed by atoms with Gasteiger partial charge in [-0.15, -0.1) is 0 Å². The van der Waals surface area contributed by atoms with Crippen LogP contribution in [0.5, 0.6) is 0 Å². The SMILES string of the molecule is CCCCC(CC)COC(=O)c1ccccc1C(=O)OCC(CC)CCCC.CCCOC(=O)c1ccccc1C(=O)OCCC. The molecule has 2 aromatic rings. The van der Waals surface area contributed by atoms with Crippen molar-refractivity contribution in [3.63, 3.8) is 0 Å². The zero-order valence-electron chi connectivity index (χ0n) is 28.9. The summed E-state index contributed by atoms with van der Waals surface area (Å²) in [7, 11) is 0. The van der Waals surface area contributed by atoms with Gasteiger partial charge in [-0.25, -0.2) is 19.2 Å². The summed E-state index contributed by atoms with van der Waals surface area (Å²) in [6, 6.07) is 13.3. The third-order valence-electron chi connectivity index (χ3n) is 7.60. The van der Waals surface area contributed by atoms with Crippen LogP contribution in [0.15, 0.2) is 48.5 Å². The Morgan fingerprint density at radius 3 is 1.04 bits per heavy atom. The van der Waals surface area contributed by atoms with E-state index in [1.807, 2.05) is 13.8 Å². The number of esters is 4. The van der Waals surface area contributed by atoms with E-state index in [2.05, 4.69) is 27.7 Å². The molecule has 8 heteroatoms. The second kappa shape index (κ2) is 24.5. The number of carbonyl (C=O) groups excluding carboxylic acids is 4. The Morgan fingerprint density at radius 1 is 0.478 bits per heavy atom. The van der Waals surface area contributed by atoms with Crippen LogP contribution in [0, 0.1) is 11.8 Å². The van der Waals surface area contributed by atoms with Crippen molar-refractivity contribution in [2.24, 2.45) is 11.8 Å². The summed E-state index contributed by atoms with van der Waals surface area (Å²) in [6.07, 6.45) is 10.1. The second-order valence-corrected chi connectivity index (χ2v) is 11.4. The van der Waals surface area contributed by atoms with Crippen molar-refractivity contribution in [1.82, 2.24) is 0 Å². The minimum absolute atomic E-state index is 0.257. The first kappa shape index (κ1) is 40.3. The van der Waals surface area contributed by atoms with Crippen LogP contribution in [0.4, 0.5) is 0 Å². The average molecular weight is 641 g/mol. The maximum atomic E-state index is 12.6. The van der Waals surface area contributed by atoms with Crippen molar-refractivity contribution in [2.75, 3.05) is 26.4 Å². The van der Waals surface area contributed by atoms with Gasteiger partial charge in [-0.2, -0.15) is 0 Å². The molecule has 0 saturated carbocycles. The van der Waals surface area contributed by atoms with Crippen LogP contribution < -0.4 is 0 Å². The van der Waals surface area contributed by atoms with Gasteiger partial charge in [0.25, 0.3) is 0 Å². The summed E-state index contributed by atoms with van der Waals surface area (Å²) in [5.74, 6) is -1.12. The highest BCUT2D eigenvalue weighted by atomic mass is 16.5. The Kier molecular flexibility index (Phi) is 21.5. The normalized spacial score (nSPS) is 11.8. The zero-order chi connectivity index (χ0) is 34.2. The lowest BCUT2D eigenvalue weighted by atomic mass is 10.0. The number of hydrogen-bond donors (Lipinski definition) is 0. The van der Waals surface area contributed by atoms with E-state index in [-0.39, 0.29) is 11.1 Å². The number of carbonyl (C=O) groups is 4. The van der Waals surface area contributed by atoms with Crippen molar-refractivity contribution in [3.8, 4) is 0 Å². The zero-order valence-corrected chi connectivity index (χ0v) is 28.9. The molecule has 0 N–H and O–H groups in total. The molecule has 0 saturated heterocycles. The molecule has 0 aliphatic heterocycles. The van der Waals surface area contributed by atoms with Gasteiger partial charge in [0.1, 0.15) is 0 Å². The van der Waals surface area contributed by atoms with Crippen molar-refractivity contribution in [1.29, 1.82) is 0 Å². The highest BCUT2D eigenvalue weighted by Gasteiger charge is 2.21. The van der Waals surface area contributed by atoms with Crippen LogP contribution >= 0.6 is 0 Å². The predicted octanol–water partition coefficient (Wildman–Crippen LogP) is 9.25. The fourth-order valence-corrected chi connectivity index (χ4v) is 4.56. The van der Waals surface area contributed by atoms with E-state index in [0.717, 1.165) is 64.2 Å². The molecule has 0 aromatic heterocycles. The molecule has 8 nitrogen and oxygen atoms in total. The van der Waals surface area contributed by atoms with E-state index < -0.39 is 23.9 Å². The number of ether oxygens (including phenoxy) is 4. The highest BCUT2D eigenvalue weighted by Crippen LogP contribution is 2.18. The van der Waals surface area contributed by atoms with E-state index >= 15 is 0 Å². The molecule has 0 heterocycles. The van der Waals surface area contributed by atoms with Crippen LogP contribution in [0.1, 0.15) is 147 Å². The molecular weight excluding hydrogens is 584 g/mol. The van der Waals surface area contributed by atoms with Crippen molar-refractivity contribution < 1.29 is 38.1 Å². The largest absolute Gasteiger partial charge is 0.462 e. The predicted molar refractivity (Wildman–Crippen MR) is 181 cm³/mol. The maximum Gasteiger partial charge on any atom is 0.339 e. The highest BCUT2D eigenvalue weighted by molar-refractivity contribution is 6.03. The summed E-state index contributed by atoms with van der Waals surface area (Å²) >= 11 is 0. The van der Waals surface area contributed by atoms with Gasteiger partial charge in [-0.1, -0.05) is 104 Å². The Balaban J connectivity index is 0.000000506. The number of rotatable bonds is 20. The molecule has 0 amide bonds. The molecule has 46 heavy (non-hydrogen) atoms. The summed E-state index contributed by atoms with van der Waals surface area (Å²) in [5.41, 5.74) is 1.10. The fraction of sp³-hybridized carbons (Fsp3) is 0.579. The van der Waals surface area contributed by atoms with E-state index in [0.29, 0.717) is 49.4 Å². The third-order valence-corrected chi connectivity index (χ3v) is 7.60. The van der Waals surface area contributed by atoms with Gasteiger partial charge in [0.15, 0.2) is 0 Å². The molecule has 0 bridgehead atoms. The standard InChI is InChI=1S/C24H38O4.C14H18O4/c1-5-9-13-19(7-3)17-27-23(25)21-15-11-12-16-22(21)24(26)28-18-20(8-4)14-10-6-2;1-3-9-17-13(15)11-7-5-6-8-12(11)14(16)18-10-4-2/h11-12,15-16,19-20H,5-10,13-14,17-18H2,1-4H3;5-8H,3-4,9-10H2,1-2H3. The Hall–Kier alpha value is -3.68. The first-order valence-electron chi connectivity index (χ1n) is 17.1. The second-order valence-electron chi connectivity index (χ2n) is 11.4. The smallest absolute Gasteiger partial charge is 0.339 e. The van der Waals surface area contributed by atoms with Crippen LogP contribution in [-0.2, 0) is 18.9 Å². The third kappa shape index (κ3) is 15.1. The number of benzene rings is 2. The molecule has 0 radical (unpaired) electrons. The molecular formula is C38H56O8. The molecule has 0 aliphatic carbocycles. The summed E-state index contributed by atoms with van der Waals surface area (Å²) < 4.78 is 21.1. The minimum atomic E-state index is -0.485. The molecule has 256 valence electrons. The average Bonchev–Trinajstić information content (AvgIpc) is 3.09. The van der Waals surface area contributed by atoms with Gasteiger partial charge in [0, 0.05) is 0 Å². The minimum Gasteiger partial charge on any atom is -0.462 e. The number of hydrogen-bond acceptors (Lipinski definition) is 8. The van der Waals surface area contributed by atoms with Gasteiger partial charge in [-0.3, -0.25) is 0 Å². The van der Waals surface area contributed by atoms with E-state index in [4.69, 9.17) is 18.9 Å². The van der Waals surface area contributed by atoms with E-state index in [1.165, 1.54) is 0 Å². The quantitative estimate of drug-likeness (QED) is 0.104. The molecule has 2 rings (SSSR count). The van der Waals surface area contributed by atoms with E-state index in [1.54, 1.807) is 48.5 Å². The van der Waals surface area contributed by atoms with Crippen molar-refractivity contribution in [2.45, 2.75) is 106 Å². The first-order chi connectivity index (χ1) is 22.3. The molecule has 2 aromatic carbocycles. The molecule has 2 atom stereocenters. The van der Waals surface area contributed by atoms with Crippen LogP contribution in [0.3, 0.4) is 0 Å². The summed E-state index contributed by atoms with van der Waals surface area (Å²) in [5, 5.41) is 0. The maximum absolute atomic E-state index is 12.6. The Morgan fingerprint density at radius 2 is 0.783 bits per heavy atom. The first-order valence-corrected chi connectivity index (χ1v) is 17.1. The monoisotopic (exact) mass is 640 g/mol. The van der Waals surface area contributed by atoms with Crippen LogP contribution in [0.2, 0.25) is 0 Å². The Labute approximate surface area is 276 Å². The van der Waals surface area contributed by atoms with Crippen LogP contribution in [0.25, 0.3) is 0 Å². The Bertz CT molecular complexity index is 1080. The van der Waals surface area contributed by atoms with Gasteiger partial charge < -0.3 is 18.9 Å². The van der Waals surface area contributed by atoms with Gasteiger partial charge in [0.2, 0.25) is 0 Å². The van der Waals surface area contributed by atoms with Gasteiger partial charge >= 0.3 is 23.9 Å². The number of unbranched alkanes of at least 4 members (excludes halogenated alkanes) is 2. The lowest BCUT2D eigenvalue weighted by Crippen LogP contribution is -2.19. The molecule has 2 unspecified atom stereocenters. The molecule has 0 aliphatic rings. The van der Waals surface area contributed by atoms with Gasteiger partial charge in [0.05, 0.1) is 48.7 Å².